The summed E-state index contributed by atoms with van der Waals surface area (Å²) < 4.78 is 11.7. The van der Waals surface area contributed by atoms with E-state index in [1.54, 1.807) is 7.11 Å². The normalized spacial score (nSPS) is 17.7. The van der Waals surface area contributed by atoms with E-state index in [9.17, 15) is 0 Å². The summed E-state index contributed by atoms with van der Waals surface area (Å²) in [6.07, 6.45) is 2.88. The van der Waals surface area contributed by atoms with E-state index in [1.165, 1.54) is 50.3 Å². The Morgan fingerprint density at radius 3 is 2.33 bits per heavy atom. The van der Waals surface area contributed by atoms with Crippen LogP contribution in [0.25, 0.3) is 0 Å². The maximum absolute atomic E-state index is 6.08. The predicted octanol–water partition coefficient (Wildman–Crippen LogP) is 6.41. The van der Waals surface area contributed by atoms with Crippen molar-refractivity contribution in [2.75, 3.05) is 20.3 Å². The monoisotopic (exact) mass is 489 g/mol. The van der Waals surface area contributed by atoms with Crippen molar-refractivity contribution in [3.05, 3.63) is 86.7 Å². The number of nitrogens with zero attached hydrogens (tertiary/aromatic N) is 2. The van der Waals surface area contributed by atoms with E-state index in [1.807, 2.05) is 0 Å². The number of H-pyrrole nitrogens is 1. The highest BCUT2D eigenvalue weighted by Crippen LogP contribution is 2.42. The Kier molecular flexibility index (Phi) is 8.66. The Bertz CT molecular complexity index is 1120. The van der Waals surface area contributed by atoms with Crippen LogP contribution in [0.4, 0.5) is 0 Å². The molecule has 1 aromatic heterocycles. The Labute approximate surface area is 217 Å². The van der Waals surface area contributed by atoms with Crippen LogP contribution in [0.2, 0.25) is 0 Å². The summed E-state index contributed by atoms with van der Waals surface area (Å²) in [5.41, 5.74) is 11.8. The standard InChI is InChI=1S/C31H43N3O2/c1-8-27-30(28(9-2)33-32-27)31(29-20(4)15-25(16-21(29)5)22(6)35-7)34-18-24-14-12-11-13-23(24)17-26(34)19-36-10-3/h11-16,22,26,31H,8-10,17-19H2,1-7H3,(H,32,33). The van der Waals surface area contributed by atoms with Crippen LogP contribution < -0.4 is 0 Å². The van der Waals surface area contributed by atoms with Gasteiger partial charge in [-0.1, -0.05) is 50.2 Å². The molecule has 2 heterocycles. The van der Waals surface area contributed by atoms with Crippen molar-refractivity contribution in [3.63, 3.8) is 0 Å². The van der Waals surface area contributed by atoms with Gasteiger partial charge in [-0.15, -0.1) is 0 Å². The molecule has 0 saturated carbocycles. The summed E-state index contributed by atoms with van der Waals surface area (Å²) in [4.78, 5) is 2.69. The topological polar surface area (TPSA) is 50.4 Å². The first-order valence-electron chi connectivity index (χ1n) is 13.5. The van der Waals surface area contributed by atoms with Crippen LogP contribution in [0.3, 0.4) is 0 Å². The highest BCUT2D eigenvalue weighted by Gasteiger charge is 2.37. The van der Waals surface area contributed by atoms with Gasteiger partial charge in [0.25, 0.3) is 0 Å². The molecule has 0 bridgehead atoms. The minimum atomic E-state index is 0.0637. The number of hydrogen-bond acceptors (Lipinski definition) is 4. The third-order valence-corrected chi connectivity index (χ3v) is 7.88. The maximum atomic E-state index is 6.08. The van der Waals surface area contributed by atoms with Gasteiger partial charge in [-0.05, 0) is 80.3 Å². The van der Waals surface area contributed by atoms with Crippen LogP contribution in [-0.4, -0.2) is 41.5 Å². The van der Waals surface area contributed by atoms with Crippen molar-refractivity contribution in [1.82, 2.24) is 15.1 Å². The number of ether oxygens (including phenoxy) is 2. The Morgan fingerprint density at radius 1 is 1.03 bits per heavy atom. The minimum Gasteiger partial charge on any atom is -0.380 e. The number of fused-ring (bicyclic) bond motifs is 1. The molecular formula is C31H43N3O2. The molecule has 5 heteroatoms. The number of rotatable bonds is 10. The average molecular weight is 490 g/mol. The number of aryl methyl sites for hydroxylation is 4. The third kappa shape index (κ3) is 5.15. The first-order chi connectivity index (χ1) is 17.4. The van der Waals surface area contributed by atoms with Crippen molar-refractivity contribution in [1.29, 1.82) is 0 Å². The maximum Gasteiger partial charge on any atom is 0.0793 e. The summed E-state index contributed by atoms with van der Waals surface area (Å²) >= 11 is 0. The van der Waals surface area contributed by atoms with Gasteiger partial charge in [0.05, 0.1) is 24.4 Å². The number of benzene rings is 2. The molecule has 1 aliphatic rings. The zero-order valence-electron chi connectivity index (χ0n) is 23.1. The number of hydrogen-bond donors (Lipinski definition) is 1. The van der Waals surface area contributed by atoms with Gasteiger partial charge in [0, 0.05) is 37.6 Å². The van der Waals surface area contributed by atoms with Gasteiger partial charge in [0.2, 0.25) is 0 Å². The van der Waals surface area contributed by atoms with Gasteiger partial charge in [-0.25, -0.2) is 0 Å². The second-order valence-corrected chi connectivity index (χ2v) is 10.1. The van der Waals surface area contributed by atoms with Gasteiger partial charge in [0.15, 0.2) is 0 Å². The molecule has 5 nitrogen and oxygen atoms in total. The van der Waals surface area contributed by atoms with E-state index < -0.39 is 0 Å². The van der Waals surface area contributed by atoms with Crippen molar-refractivity contribution in [2.24, 2.45) is 0 Å². The van der Waals surface area contributed by atoms with Crippen LogP contribution in [0, 0.1) is 13.8 Å². The lowest BCUT2D eigenvalue weighted by Crippen LogP contribution is -2.46. The molecule has 36 heavy (non-hydrogen) atoms. The molecular weight excluding hydrogens is 446 g/mol. The summed E-state index contributed by atoms with van der Waals surface area (Å²) in [5.74, 6) is 0. The summed E-state index contributed by atoms with van der Waals surface area (Å²) in [6, 6.07) is 13.9. The molecule has 3 aromatic rings. The second-order valence-electron chi connectivity index (χ2n) is 10.1. The minimum absolute atomic E-state index is 0.0637. The molecule has 3 atom stereocenters. The molecule has 0 radical (unpaired) electrons. The van der Waals surface area contributed by atoms with E-state index in [0.29, 0.717) is 0 Å². The molecule has 3 unspecified atom stereocenters. The van der Waals surface area contributed by atoms with Crippen molar-refractivity contribution < 1.29 is 9.47 Å². The zero-order chi connectivity index (χ0) is 25.8. The first-order valence-corrected chi connectivity index (χ1v) is 13.5. The number of methoxy groups -OCH3 is 1. The van der Waals surface area contributed by atoms with Crippen molar-refractivity contribution >= 4 is 0 Å². The summed E-state index contributed by atoms with van der Waals surface area (Å²) in [5, 5.41) is 8.18. The van der Waals surface area contributed by atoms with E-state index in [4.69, 9.17) is 14.6 Å². The van der Waals surface area contributed by atoms with Gasteiger partial charge in [0.1, 0.15) is 0 Å². The average Bonchev–Trinajstić information content (AvgIpc) is 3.31. The third-order valence-electron chi connectivity index (χ3n) is 7.88. The molecule has 0 spiro atoms. The van der Waals surface area contributed by atoms with Crippen LogP contribution in [0.15, 0.2) is 36.4 Å². The summed E-state index contributed by atoms with van der Waals surface area (Å²) in [7, 11) is 1.78. The lowest BCUT2D eigenvalue weighted by molar-refractivity contribution is 0.0387. The number of aromatic amines is 1. The van der Waals surface area contributed by atoms with Gasteiger partial charge < -0.3 is 9.47 Å². The molecule has 0 aliphatic carbocycles. The van der Waals surface area contributed by atoms with Gasteiger partial charge in [-0.2, -0.15) is 5.10 Å². The highest BCUT2D eigenvalue weighted by molar-refractivity contribution is 5.48. The zero-order valence-corrected chi connectivity index (χ0v) is 23.1. The van der Waals surface area contributed by atoms with Crippen molar-refractivity contribution in [3.8, 4) is 0 Å². The Balaban J connectivity index is 1.93. The van der Waals surface area contributed by atoms with Gasteiger partial charge in [-0.3, -0.25) is 10.00 Å². The highest BCUT2D eigenvalue weighted by atomic mass is 16.5. The van der Waals surface area contributed by atoms with Gasteiger partial charge >= 0.3 is 0 Å². The SMILES string of the molecule is CCOCC1Cc2ccccc2CN1C(c1c(C)cc(C(C)OC)cc1C)c1c(CC)n[nH]c1CC. The second kappa shape index (κ2) is 11.7. The predicted molar refractivity (Wildman–Crippen MR) is 146 cm³/mol. The fourth-order valence-corrected chi connectivity index (χ4v) is 5.90. The van der Waals surface area contributed by atoms with Crippen LogP contribution in [-0.2, 0) is 35.3 Å². The van der Waals surface area contributed by atoms with E-state index >= 15 is 0 Å². The fraction of sp³-hybridized carbons (Fsp3) is 0.516. The first kappa shape index (κ1) is 26.6. The van der Waals surface area contributed by atoms with E-state index in [0.717, 1.165) is 39.0 Å². The number of nitrogens with one attached hydrogen (secondary N) is 1. The van der Waals surface area contributed by atoms with E-state index in [2.05, 4.69) is 87.9 Å². The lowest BCUT2D eigenvalue weighted by Gasteiger charge is -2.43. The molecule has 4 rings (SSSR count). The lowest BCUT2D eigenvalue weighted by atomic mass is 9.83. The molecule has 0 amide bonds. The molecule has 2 aromatic carbocycles. The Morgan fingerprint density at radius 2 is 1.72 bits per heavy atom. The van der Waals surface area contributed by atoms with Crippen LogP contribution in [0.5, 0.6) is 0 Å². The largest absolute Gasteiger partial charge is 0.380 e. The quantitative estimate of drug-likeness (QED) is 0.357. The molecule has 0 fully saturated rings. The van der Waals surface area contributed by atoms with Crippen molar-refractivity contribution in [2.45, 2.75) is 85.5 Å². The molecule has 1 N–H and O–H groups in total. The molecule has 194 valence electrons. The number of aromatic nitrogens is 2. The van der Waals surface area contributed by atoms with Crippen LogP contribution in [0.1, 0.15) is 90.2 Å². The summed E-state index contributed by atoms with van der Waals surface area (Å²) in [6.45, 7) is 15.5. The Hall–Kier alpha value is -2.47. The molecule has 1 aliphatic heterocycles. The molecule has 0 saturated heterocycles. The van der Waals surface area contributed by atoms with Crippen LogP contribution >= 0.6 is 0 Å². The smallest absolute Gasteiger partial charge is 0.0793 e. The fourth-order valence-electron chi connectivity index (χ4n) is 5.90. The van der Waals surface area contributed by atoms with E-state index in [-0.39, 0.29) is 18.2 Å².